The number of ether oxygens (including phenoxy) is 2. The zero-order valence-electron chi connectivity index (χ0n) is 22.4. The maximum atomic E-state index is 13.6. The minimum absolute atomic E-state index is 0.0271. The molecule has 0 unspecified atom stereocenters. The monoisotopic (exact) mass is 576 g/mol. The fourth-order valence-corrected chi connectivity index (χ4v) is 6.65. The van der Waals surface area contributed by atoms with Crippen molar-refractivity contribution in [2.45, 2.75) is 42.4 Å². The van der Waals surface area contributed by atoms with Crippen molar-refractivity contribution >= 4 is 15.7 Å². The van der Waals surface area contributed by atoms with Crippen molar-refractivity contribution in [3.8, 4) is 17.1 Å². The number of benzene rings is 2. The fourth-order valence-electron chi connectivity index (χ4n) is 4.70. The molecule has 14 heteroatoms. The molecule has 40 heavy (non-hydrogen) atoms. The third-order valence-electron chi connectivity index (χ3n) is 7.10. The van der Waals surface area contributed by atoms with Crippen LogP contribution >= 0.6 is 0 Å². The van der Waals surface area contributed by atoms with Crippen molar-refractivity contribution in [3.05, 3.63) is 53.8 Å². The largest absolute Gasteiger partial charge is 0.494 e. The number of hydrogen-bond acceptors (Lipinski definition) is 10. The van der Waals surface area contributed by atoms with Gasteiger partial charge in [0, 0.05) is 38.7 Å². The van der Waals surface area contributed by atoms with Crippen LogP contribution in [0.2, 0.25) is 0 Å². The lowest BCUT2D eigenvalue weighted by molar-refractivity contribution is -0.133. The molecular formula is C26H33FN6O6S. The minimum Gasteiger partial charge on any atom is -0.494 e. The van der Waals surface area contributed by atoms with Crippen molar-refractivity contribution in [1.82, 2.24) is 30.6 Å². The summed E-state index contributed by atoms with van der Waals surface area (Å²) >= 11 is 0. The second kappa shape index (κ2) is 12.8. The molecule has 1 aromatic heterocycles. The number of likely N-dealkylation sites (tertiary alicyclic amines) is 1. The smallest absolute Gasteiger partial charge is 0.265 e. The van der Waals surface area contributed by atoms with E-state index >= 15 is 0 Å². The maximum Gasteiger partial charge on any atom is 0.265 e. The fraction of sp³-hybridized carbons (Fsp3) is 0.462. The van der Waals surface area contributed by atoms with Crippen LogP contribution in [0.25, 0.3) is 11.4 Å². The molecule has 2 aromatic carbocycles. The standard InChI is InChI=1S/C26H33FN6O6S/c1-19-4-5-20(27)18-23(19)24-28-31-33(29-24)12-3-16-39-21-6-8-22(9-7-21)40(36,37)26(25(34)30-35)10-13-32(14-11-26)15-17-38-2/h4-9,18,35H,3,10-17H2,1-2H3,(H,30,34). The molecule has 0 atom stereocenters. The molecular weight excluding hydrogens is 543 g/mol. The van der Waals surface area contributed by atoms with Gasteiger partial charge >= 0.3 is 0 Å². The molecule has 2 heterocycles. The third-order valence-corrected chi connectivity index (χ3v) is 9.62. The number of halogens is 1. The number of carbonyl (C=O) groups is 1. The topological polar surface area (TPSA) is 149 Å². The van der Waals surface area contributed by atoms with E-state index in [1.54, 1.807) is 18.7 Å². The molecule has 216 valence electrons. The van der Waals surface area contributed by atoms with Gasteiger partial charge < -0.3 is 14.4 Å². The molecule has 0 radical (unpaired) electrons. The van der Waals surface area contributed by atoms with Gasteiger partial charge in [0.25, 0.3) is 5.91 Å². The summed E-state index contributed by atoms with van der Waals surface area (Å²) in [5.74, 6) is -0.518. The molecule has 2 N–H and O–H groups in total. The Hall–Kier alpha value is -3.46. The number of sulfone groups is 1. The Kier molecular flexibility index (Phi) is 9.45. The SMILES string of the molecule is COCCN1CCC(C(=O)NO)(S(=O)(=O)c2ccc(OCCCn3nnc(-c4cc(F)ccc4C)n3)cc2)CC1. The quantitative estimate of drug-likeness (QED) is 0.186. The van der Waals surface area contributed by atoms with Crippen LogP contribution in [0.15, 0.2) is 47.4 Å². The lowest BCUT2D eigenvalue weighted by Gasteiger charge is -2.39. The van der Waals surface area contributed by atoms with Gasteiger partial charge in [0.1, 0.15) is 11.6 Å². The van der Waals surface area contributed by atoms with Crippen LogP contribution in [0, 0.1) is 12.7 Å². The van der Waals surface area contributed by atoms with Gasteiger partial charge in [-0.05, 0) is 66.9 Å². The van der Waals surface area contributed by atoms with Crippen LogP contribution in [-0.2, 0) is 25.9 Å². The van der Waals surface area contributed by atoms with E-state index in [9.17, 15) is 22.8 Å². The average Bonchev–Trinajstić information content (AvgIpc) is 3.44. The van der Waals surface area contributed by atoms with Gasteiger partial charge in [-0.1, -0.05) is 6.07 Å². The Labute approximate surface area is 232 Å². The van der Waals surface area contributed by atoms with E-state index in [0.29, 0.717) is 63.0 Å². The molecule has 1 aliphatic rings. The normalized spacial score (nSPS) is 15.6. The number of aryl methyl sites for hydroxylation is 2. The Morgan fingerprint density at radius 1 is 1.12 bits per heavy atom. The predicted molar refractivity (Wildman–Crippen MR) is 142 cm³/mol. The van der Waals surface area contributed by atoms with Crippen LogP contribution in [0.1, 0.15) is 24.8 Å². The Morgan fingerprint density at radius 3 is 2.52 bits per heavy atom. The third kappa shape index (κ3) is 6.30. The van der Waals surface area contributed by atoms with Crippen LogP contribution < -0.4 is 10.2 Å². The molecule has 1 amide bonds. The first-order valence-electron chi connectivity index (χ1n) is 12.9. The summed E-state index contributed by atoms with van der Waals surface area (Å²) in [6, 6.07) is 10.3. The Bertz CT molecular complexity index is 1410. The minimum atomic E-state index is -4.12. The molecule has 0 saturated carbocycles. The maximum absolute atomic E-state index is 13.6. The Morgan fingerprint density at radius 2 is 1.85 bits per heavy atom. The first kappa shape index (κ1) is 29.5. The van der Waals surface area contributed by atoms with Crippen LogP contribution in [-0.4, -0.2) is 89.3 Å². The second-order valence-electron chi connectivity index (χ2n) is 9.61. The molecule has 0 spiro atoms. The van der Waals surface area contributed by atoms with Crippen LogP contribution in [0.4, 0.5) is 4.39 Å². The molecule has 1 saturated heterocycles. The summed E-state index contributed by atoms with van der Waals surface area (Å²) in [5, 5.41) is 21.7. The van der Waals surface area contributed by atoms with Crippen molar-refractivity contribution in [2.24, 2.45) is 0 Å². The highest BCUT2D eigenvalue weighted by atomic mass is 32.2. The van der Waals surface area contributed by atoms with E-state index in [1.165, 1.54) is 41.2 Å². The first-order chi connectivity index (χ1) is 19.2. The van der Waals surface area contributed by atoms with Gasteiger partial charge in [0.15, 0.2) is 14.6 Å². The van der Waals surface area contributed by atoms with E-state index in [1.807, 2.05) is 11.8 Å². The highest BCUT2D eigenvalue weighted by Crippen LogP contribution is 2.36. The first-order valence-corrected chi connectivity index (χ1v) is 14.4. The number of hydroxylamine groups is 1. The number of hydrogen-bond donors (Lipinski definition) is 2. The Balaban J connectivity index is 1.34. The van der Waals surface area contributed by atoms with E-state index in [2.05, 4.69) is 15.4 Å². The zero-order chi connectivity index (χ0) is 28.8. The lowest BCUT2D eigenvalue weighted by atomic mass is 9.95. The second-order valence-corrected chi connectivity index (χ2v) is 11.9. The van der Waals surface area contributed by atoms with Crippen LogP contribution in [0.5, 0.6) is 5.75 Å². The summed E-state index contributed by atoms with van der Waals surface area (Å²) in [6.07, 6.45) is 0.623. The van der Waals surface area contributed by atoms with Gasteiger partial charge in [0.2, 0.25) is 5.82 Å². The highest BCUT2D eigenvalue weighted by molar-refractivity contribution is 7.93. The summed E-state index contributed by atoms with van der Waals surface area (Å²) < 4.78 is 49.8. The number of amides is 1. The van der Waals surface area contributed by atoms with Crippen LogP contribution in [0.3, 0.4) is 0 Å². The summed E-state index contributed by atoms with van der Waals surface area (Å²) in [6.45, 7) is 4.43. The van der Waals surface area contributed by atoms with Crippen molar-refractivity contribution < 1.29 is 32.3 Å². The van der Waals surface area contributed by atoms with Gasteiger partial charge in [-0.3, -0.25) is 10.0 Å². The number of rotatable bonds is 12. The van der Waals surface area contributed by atoms with E-state index in [-0.39, 0.29) is 23.6 Å². The number of nitrogens with zero attached hydrogens (tertiary/aromatic N) is 5. The van der Waals surface area contributed by atoms with Gasteiger partial charge in [-0.15, -0.1) is 10.2 Å². The molecule has 0 bridgehead atoms. The average molecular weight is 577 g/mol. The lowest BCUT2D eigenvalue weighted by Crippen LogP contribution is -2.57. The van der Waals surface area contributed by atoms with Crippen molar-refractivity contribution in [2.75, 3.05) is 40.0 Å². The number of tetrazole rings is 1. The number of nitrogens with one attached hydrogen (secondary N) is 1. The summed E-state index contributed by atoms with van der Waals surface area (Å²) in [5.41, 5.74) is 2.98. The zero-order valence-corrected chi connectivity index (χ0v) is 23.2. The van der Waals surface area contributed by atoms with Gasteiger partial charge in [-0.25, -0.2) is 18.3 Å². The highest BCUT2D eigenvalue weighted by Gasteiger charge is 2.52. The molecule has 4 rings (SSSR count). The van der Waals surface area contributed by atoms with E-state index in [4.69, 9.17) is 9.47 Å². The van der Waals surface area contributed by atoms with E-state index < -0.39 is 20.5 Å². The van der Waals surface area contributed by atoms with Crippen molar-refractivity contribution in [1.29, 1.82) is 0 Å². The molecule has 1 fully saturated rings. The van der Waals surface area contributed by atoms with Gasteiger partial charge in [-0.2, -0.15) is 4.80 Å². The van der Waals surface area contributed by atoms with Gasteiger partial charge in [0.05, 0.1) is 24.7 Å². The summed E-state index contributed by atoms with van der Waals surface area (Å²) in [7, 11) is -2.53. The van der Waals surface area contributed by atoms with Crippen molar-refractivity contribution in [3.63, 3.8) is 0 Å². The predicted octanol–water partition coefficient (Wildman–Crippen LogP) is 2.02. The number of methoxy groups -OCH3 is 1. The number of aromatic nitrogens is 4. The number of piperidine rings is 1. The molecule has 1 aliphatic heterocycles. The number of carbonyl (C=O) groups excluding carboxylic acids is 1. The van der Waals surface area contributed by atoms with E-state index in [0.717, 1.165) is 5.56 Å². The molecule has 3 aromatic rings. The molecule has 12 nitrogen and oxygen atoms in total. The molecule has 0 aliphatic carbocycles. The summed E-state index contributed by atoms with van der Waals surface area (Å²) in [4.78, 5) is 16.1.